The molecule has 0 radical (unpaired) electrons. The van der Waals surface area contributed by atoms with E-state index in [1.54, 1.807) is 0 Å². The summed E-state index contributed by atoms with van der Waals surface area (Å²) in [6.45, 7) is 0.376. The molecule has 0 atom stereocenters. The Labute approximate surface area is 160 Å². The molecule has 0 aliphatic rings. The molecule has 3 nitrogen and oxygen atoms in total. The maximum atomic E-state index is 12.9. The van der Waals surface area contributed by atoms with Gasteiger partial charge in [0.1, 0.15) is 0 Å². The molecule has 4 rings (SSSR count). The third-order valence-corrected chi connectivity index (χ3v) is 4.73. The summed E-state index contributed by atoms with van der Waals surface area (Å²) >= 11 is 12.0. The number of hydrogen-bond acceptors (Lipinski definition) is 2. The van der Waals surface area contributed by atoms with Gasteiger partial charge >= 0.3 is 0 Å². The van der Waals surface area contributed by atoms with Crippen molar-refractivity contribution in [2.24, 2.45) is 0 Å². The molecule has 1 heterocycles. The molecule has 3 aromatic carbocycles. The van der Waals surface area contributed by atoms with Gasteiger partial charge in [0.2, 0.25) is 0 Å². The van der Waals surface area contributed by atoms with E-state index in [4.69, 9.17) is 23.2 Å². The van der Waals surface area contributed by atoms with Gasteiger partial charge in [-0.3, -0.25) is 4.79 Å². The van der Waals surface area contributed by atoms with E-state index < -0.39 is 0 Å². The van der Waals surface area contributed by atoms with Crippen molar-refractivity contribution in [3.8, 4) is 11.3 Å². The number of aromatic nitrogens is 2. The summed E-state index contributed by atoms with van der Waals surface area (Å²) in [6, 6.07) is 22.4. The average molecular weight is 381 g/mol. The zero-order chi connectivity index (χ0) is 18.1. The number of benzene rings is 3. The SMILES string of the molecule is O=c1c2ccccc2c(-c2ccc(Cl)cc2)nn1Cc1ccc(Cl)cc1. The molecule has 5 heteroatoms. The lowest BCUT2D eigenvalue weighted by Crippen LogP contribution is -2.24. The van der Waals surface area contributed by atoms with Gasteiger partial charge in [0.25, 0.3) is 5.56 Å². The van der Waals surface area contributed by atoms with Crippen LogP contribution in [0.1, 0.15) is 5.56 Å². The Bertz CT molecular complexity index is 1130. The van der Waals surface area contributed by atoms with Gasteiger partial charge in [0.05, 0.1) is 17.6 Å². The molecular weight excluding hydrogens is 367 g/mol. The van der Waals surface area contributed by atoms with Crippen LogP contribution in [0.4, 0.5) is 0 Å². The van der Waals surface area contributed by atoms with Crippen molar-refractivity contribution in [1.29, 1.82) is 0 Å². The van der Waals surface area contributed by atoms with Gasteiger partial charge in [0.15, 0.2) is 0 Å². The smallest absolute Gasteiger partial charge is 0.267 e. The van der Waals surface area contributed by atoms with Crippen LogP contribution in [0.2, 0.25) is 10.0 Å². The first-order chi connectivity index (χ1) is 12.6. The van der Waals surface area contributed by atoms with Crippen molar-refractivity contribution < 1.29 is 0 Å². The lowest BCUT2D eigenvalue weighted by Gasteiger charge is -2.11. The molecule has 0 saturated heterocycles. The minimum atomic E-state index is -0.117. The van der Waals surface area contributed by atoms with Crippen molar-refractivity contribution in [3.63, 3.8) is 0 Å². The summed E-state index contributed by atoms with van der Waals surface area (Å²) in [7, 11) is 0. The first kappa shape index (κ1) is 16.8. The Kier molecular flexibility index (Phi) is 4.49. The predicted molar refractivity (Wildman–Crippen MR) is 107 cm³/mol. The Morgan fingerprint density at radius 1 is 0.769 bits per heavy atom. The summed E-state index contributed by atoms with van der Waals surface area (Å²) in [5.74, 6) is 0. The highest BCUT2D eigenvalue weighted by molar-refractivity contribution is 6.30. The van der Waals surface area contributed by atoms with Gasteiger partial charge in [-0.2, -0.15) is 5.10 Å². The van der Waals surface area contributed by atoms with Crippen molar-refractivity contribution in [1.82, 2.24) is 9.78 Å². The molecule has 0 spiro atoms. The number of hydrogen-bond donors (Lipinski definition) is 0. The van der Waals surface area contributed by atoms with Gasteiger partial charge in [-0.1, -0.05) is 65.7 Å². The zero-order valence-corrected chi connectivity index (χ0v) is 15.2. The molecular formula is C21H14Cl2N2O. The number of rotatable bonds is 3. The predicted octanol–water partition coefficient (Wildman–Crippen LogP) is 5.42. The molecule has 0 saturated carbocycles. The van der Waals surface area contributed by atoms with Crippen LogP contribution in [-0.4, -0.2) is 9.78 Å². The Morgan fingerprint density at radius 3 is 2.00 bits per heavy atom. The van der Waals surface area contributed by atoms with Gasteiger partial charge in [-0.05, 0) is 35.9 Å². The van der Waals surface area contributed by atoms with E-state index in [1.807, 2.05) is 72.8 Å². The maximum absolute atomic E-state index is 12.9. The first-order valence-electron chi connectivity index (χ1n) is 8.12. The highest BCUT2D eigenvalue weighted by Gasteiger charge is 2.12. The van der Waals surface area contributed by atoms with Crippen LogP contribution < -0.4 is 5.56 Å². The van der Waals surface area contributed by atoms with Crippen molar-refractivity contribution >= 4 is 34.0 Å². The second kappa shape index (κ2) is 6.94. The fourth-order valence-corrected chi connectivity index (χ4v) is 3.18. The molecule has 0 fully saturated rings. The molecule has 26 heavy (non-hydrogen) atoms. The Morgan fingerprint density at radius 2 is 1.35 bits per heavy atom. The standard InChI is InChI=1S/C21H14Cl2N2O/c22-16-9-5-14(6-10-16)13-25-21(26)19-4-2-1-3-18(19)20(24-25)15-7-11-17(23)12-8-15/h1-12H,13H2. The molecule has 0 unspecified atom stereocenters. The molecule has 0 bridgehead atoms. The zero-order valence-electron chi connectivity index (χ0n) is 13.7. The van der Waals surface area contributed by atoms with Crippen LogP contribution in [0, 0.1) is 0 Å². The number of nitrogens with zero attached hydrogens (tertiary/aromatic N) is 2. The molecule has 4 aromatic rings. The quantitative estimate of drug-likeness (QED) is 0.475. The molecule has 0 N–H and O–H groups in total. The summed E-state index contributed by atoms with van der Waals surface area (Å²) in [4.78, 5) is 12.9. The molecule has 1 aromatic heterocycles. The largest absolute Gasteiger partial charge is 0.274 e. The third-order valence-electron chi connectivity index (χ3n) is 4.23. The number of fused-ring (bicyclic) bond motifs is 1. The summed E-state index contributed by atoms with van der Waals surface area (Å²) < 4.78 is 1.50. The van der Waals surface area contributed by atoms with Crippen LogP contribution in [0.3, 0.4) is 0 Å². The van der Waals surface area contributed by atoms with Crippen LogP contribution >= 0.6 is 23.2 Å². The van der Waals surface area contributed by atoms with E-state index in [1.165, 1.54) is 4.68 Å². The van der Waals surface area contributed by atoms with Crippen LogP contribution in [-0.2, 0) is 6.54 Å². The van der Waals surface area contributed by atoms with Gasteiger partial charge in [-0.25, -0.2) is 4.68 Å². The van der Waals surface area contributed by atoms with Gasteiger partial charge < -0.3 is 0 Å². The maximum Gasteiger partial charge on any atom is 0.274 e. The topological polar surface area (TPSA) is 34.9 Å². The monoisotopic (exact) mass is 380 g/mol. The van der Waals surface area contributed by atoms with Crippen LogP contribution in [0.25, 0.3) is 22.0 Å². The van der Waals surface area contributed by atoms with E-state index in [-0.39, 0.29) is 5.56 Å². The normalized spacial score (nSPS) is 11.0. The van der Waals surface area contributed by atoms with Crippen LogP contribution in [0.15, 0.2) is 77.6 Å². The molecule has 0 aliphatic carbocycles. The fraction of sp³-hybridized carbons (Fsp3) is 0.0476. The highest BCUT2D eigenvalue weighted by atomic mass is 35.5. The molecule has 0 aliphatic heterocycles. The third kappa shape index (κ3) is 3.24. The van der Waals surface area contributed by atoms with E-state index in [9.17, 15) is 4.79 Å². The van der Waals surface area contributed by atoms with E-state index in [0.29, 0.717) is 22.0 Å². The first-order valence-corrected chi connectivity index (χ1v) is 8.88. The van der Waals surface area contributed by atoms with Crippen molar-refractivity contribution in [2.45, 2.75) is 6.54 Å². The molecule has 0 amide bonds. The average Bonchev–Trinajstić information content (AvgIpc) is 2.67. The Hall–Kier alpha value is -2.62. The highest BCUT2D eigenvalue weighted by Crippen LogP contribution is 2.26. The van der Waals surface area contributed by atoms with E-state index >= 15 is 0 Å². The number of halogens is 2. The molecule has 128 valence electrons. The second-order valence-corrected chi connectivity index (χ2v) is 6.86. The van der Waals surface area contributed by atoms with Gasteiger partial charge in [0, 0.05) is 21.0 Å². The summed E-state index contributed by atoms with van der Waals surface area (Å²) in [5.41, 5.74) is 2.51. The fourth-order valence-electron chi connectivity index (χ4n) is 2.93. The van der Waals surface area contributed by atoms with E-state index in [2.05, 4.69) is 5.10 Å². The Balaban J connectivity index is 1.90. The van der Waals surface area contributed by atoms with Crippen LogP contribution in [0.5, 0.6) is 0 Å². The van der Waals surface area contributed by atoms with Gasteiger partial charge in [-0.15, -0.1) is 0 Å². The summed E-state index contributed by atoms with van der Waals surface area (Å²) in [6.07, 6.45) is 0. The lowest BCUT2D eigenvalue weighted by atomic mass is 10.1. The van der Waals surface area contributed by atoms with E-state index in [0.717, 1.165) is 22.2 Å². The summed E-state index contributed by atoms with van der Waals surface area (Å²) in [5, 5.41) is 7.43. The van der Waals surface area contributed by atoms with Crippen molar-refractivity contribution in [3.05, 3.63) is 98.8 Å². The minimum Gasteiger partial charge on any atom is -0.267 e. The second-order valence-electron chi connectivity index (χ2n) is 5.99. The minimum absolute atomic E-state index is 0.117. The lowest BCUT2D eigenvalue weighted by molar-refractivity contribution is 0.651. The van der Waals surface area contributed by atoms with Crippen molar-refractivity contribution in [2.75, 3.05) is 0 Å².